The van der Waals surface area contributed by atoms with E-state index in [2.05, 4.69) is 5.32 Å². The molecule has 0 aromatic heterocycles. The summed E-state index contributed by atoms with van der Waals surface area (Å²) in [5.74, 6) is 0.917. The van der Waals surface area contributed by atoms with Crippen LogP contribution in [0.3, 0.4) is 0 Å². The van der Waals surface area contributed by atoms with Crippen molar-refractivity contribution < 1.29 is 4.79 Å². The molecule has 0 radical (unpaired) electrons. The van der Waals surface area contributed by atoms with E-state index >= 15 is 0 Å². The molecule has 1 aliphatic rings. The first-order chi connectivity index (χ1) is 8.63. The first kappa shape index (κ1) is 13.8. The van der Waals surface area contributed by atoms with Gasteiger partial charge in [-0.25, -0.2) is 4.79 Å². The molecule has 1 aromatic carbocycles. The average molecular weight is 305 g/mol. The van der Waals surface area contributed by atoms with Gasteiger partial charge in [0.2, 0.25) is 0 Å². The molecule has 0 saturated carbocycles. The lowest BCUT2D eigenvalue weighted by atomic mass is 10.2. The normalized spacial score (nSPS) is 19.1. The zero-order valence-corrected chi connectivity index (χ0v) is 12.3. The molecule has 98 valence electrons. The fourth-order valence-electron chi connectivity index (χ4n) is 1.89. The van der Waals surface area contributed by atoms with Gasteiger partial charge >= 0.3 is 6.03 Å². The topological polar surface area (TPSA) is 32.3 Å². The molecule has 1 aliphatic heterocycles. The third-order valence-electron chi connectivity index (χ3n) is 2.71. The minimum Gasteiger partial charge on any atom is -0.338 e. The van der Waals surface area contributed by atoms with Gasteiger partial charge in [0.05, 0.1) is 0 Å². The van der Waals surface area contributed by atoms with Gasteiger partial charge < -0.3 is 10.2 Å². The van der Waals surface area contributed by atoms with E-state index in [1.165, 1.54) is 0 Å². The molecule has 1 N–H and O–H groups in total. The lowest BCUT2D eigenvalue weighted by molar-refractivity contribution is 0.201. The molecular weight excluding hydrogens is 291 g/mol. The minimum absolute atomic E-state index is 0.0266. The molecule has 1 aromatic rings. The summed E-state index contributed by atoms with van der Waals surface area (Å²) in [4.78, 5) is 13.7. The van der Waals surface area contributed by atoms with E-state index in [-0.39, 0.29) is 11.4 Å². The van der Waals surface area contributed by atoms with E-state index < -0.39 is 0 Å². The lowest BCUT2D eigenvalue weighted by Gasteiger charge is -2.24. The number of thioether (sulfide) groups is 1. The van der Waals surface area contributed by atoms with Crippen LogP contribution in [0.25, 0.3) is 0 Å². The zero-order valence-electron chi connectivity index (χ0n) is 9.95. The number of nitrogens with one attached hydrogen (secondary N) is 1. The van der Waals surface area contributed by atoms with Crippen LogP contribution in [0.2, 0.25) is 10.0 Å². The SMILES string of the molecule is CCNC(=O)N1CCS[C@@H]1c1ccc(Cl)cc1Cl. The zero-order chi connectivity index (χ0) is 13.1. The van der Waals surface area contributed by atoms with Gasteiger partial charge in [0.1, 0.15) is 5.37 Å². The summed E-state index contributed by atoms with van der Waals surface area (Å²) in [7, 11) is 0. The van der Waals surface area contributed by atoms with Gasteiger partial charge in [-0.1, -0.05) is 29.3 Å². The Labute approximate surface area is 121 Å². The van der Waals surface area contributed by atoms with Gasteiger partial charge in [0, 0.05) is 34.5 Å². The maximum Gasteiger partial charge on any atom is 0.318 e. The van der Waals surface area contributed by atoms with Crippen molar-refractivity contribution in [1.82, 2.24) is 10.2 Å². The number of hydrogen-bond acceptors (Lipinski definition) is 2. The Bertz CT molecular complexity index is 456. The molecule has 2 amide bonds. The van der Waals surface area contributed by atoms with Crippen LogP contribution in [-0.4, -0.2) is 29.8 Å². The summed E-state index contributed by atoms with van der Waals surface area (Å²) < 4.78 is 0. The highest BCUT2D eigenvalue weighted by molar-refractivity contribution is 7.99. The monoisotopic (exact) mass is 304 g/mol. The van der Waals surface area contributed by atoms with Crippen LogP contribution in [0.5, 0.6) is 0 Å². The van der Waals surface area contributed by atoms with Gasteiger partial charge in [0.25, 0.3) is 0 Å². The highest BCUT2D eigenvalue weighted by Gasteiger charge is 2.31. The first-order valence-corrected chi connectivity index (χ1v) is 7.55. The standard InChI is InChI=1S/C12H14Cl2N2OS/c1-2-15-12(17)16-5-6-18-11(16)9-4-3-8(13)7-10(9)14/h3-4,7,11H,2,5-6H2,1H3,(H,15,17)/t11-/m1/s1. The highest BCUT2D eigenvalue weighted by Crippen LogP contribution is 2.41. The van der Waals surface area contributed by atoms with Crippen LogP contribution >= 0.6 is 35.0 Å². The predicted octanol–water partition coefficient (Wildman–Crippen LogP) is 3.77. The largest absolute Gasteiger partial charge is 0.338 e. The van der Waals surface area contributed by atoms with Crippen molar-refractivity contribution >= 4 is 41.0 Å². The molecule has 1 fully saturated rings. The van der Waals surface area contributed by atoms with Gasteiger partial charge in [-0.05, 0) is 19.1 Å². The second-order valence-electron chi connectivity index (χ2n) is 3.92. The molecule has 0 spiro atoms. The summed E-state index contributed by atoms with van der Waals surface area (Å²) in [6, 6.07) is 5.36. The van der Waals surface area contributed by atoms with Crippen LogP contribution in [0.4, 0.5) is 4.79 Å². The number of rotatable bonds is 2. The average Bonchev–Trinajstić information content (AvgIpc) is 2.78. The first-order valence-electron chi connectivity index (χ1n) is 5.74. The van der Waals surface area contributed by atoms with Crippen molar-refractivity contribution in [3.63, 3.8) is 0 Å². The van der Waals surface area contributed by atoms with Crippen LogP contribution in [0.15, 0.2) is 18.2 Å². The number of hydrogen-bond donors (Lipinski definition) is 1. The maximum absolute atomic E-state index is 11.9. The Morgan fingerprint density at radius 2 is 2.33 bits per heavy atom. The summed E-state index contributed by atoms with van der Waals surface area (Å²) in [5, 5.41) is 4.01. The van der Waals surface area contributed by atoms with Crippen molar-refractivity contribution in [2.24, 2.45) is 0 Å². The number of benzene rings is 1. The van der Waals surface area contributed by atoms with E-state index in [0.717, 1.165) is 17.9 Å². The van der Waals surface area contributed by atoms with Crippen LogP contribution in [-0.2, 0) is 0 Å². The van der Waals surface area contributed by atoms with Crippen molar-refractivity contribution in [3.05, 3.63) is 33.8 Å². The fraction of sp³-hybridized carbons (Fsp3) is 0.417. The molecule has 6 heteroatoms. The number of carbonyl (C=O) groups is 1. The van der Waals surface area contributed by atoms with E-state index in [1.807, 2.05) is 17.9 Å². The third kappa shape index (κ3) is 2.87. The third-order valence-corrected chi connectivity index (χ3v) is 4.51. The molecule has 0 aliphatic carbocycles. The molecule has 1 saturated heterocycles. The number of nitrogens with zero attached hydrogens (tertiary/aromatic N) is 1. The Kier molecular flexibility index (Phi) is 4.65. The smallest absolute Gasteiger partial charge is 0.318 e. The minimum atomic E-state index is -0.0430. The molecule has 1 atom stereocenters. The second-order valence-corrected chi connectivity index (χ2v) is 5.95. The van der Waals surface area contributed by atoms with E-state index in [0.29, 0.717) is 16.6 Å². The second kappa shape index (κ2) is 6.04. The molecular formula is C12H14Cl2N2OS. The van der Waals surface area contributed by atoms with Gasteiger partial charge in [0.15, 0.2) is 0 Å². The number of amides is 2. The van der Waals surface area contributed by atoms with Gasteiger partial charge in [-0.2, -0.15) is 0 Å². The van der Waals surface area contributed by atoms with E-state index in [4.69, 9.17) is 23.2 Å². The van der Waals surface area contributed by atoms with Crippen LogP contribution < -0.4 is 5.32 Å². The van der Waals surface area contributed by atoms with Crippen molar-refractivity contribution in [3.8, 4) is 0 Å². The van der Waals surface area contributed by atoms with Crippen molar-refractivity contribution in [2.75, 3.05) is 18.8 Å². The number of halogens is 2. The highest BCUT2D eigenvalue weighted by atomic mass is 35.5. The lowest BCUT2D eigenvalue weighted by Crippen LogP contribution is -2.39. The van der Waals surface area contributed by atoms with Crippen LogP contribution in [0.1, 0.15) is 17.9 Å². The quantitative estimate of drug-likeness (QED) is 0.902. The number of carbonyl (C=O) groups excluding carboxylic acids is 1. The molecule has 1 heterocycles. The summed E-state index contributed by atoms with van der Waals surface area (Å²) >= 11 is 13.8. The Hall–Kier alpha value is -0.580. The van der Waals surface area contributed by atoms with Gasteiger partial charge in [-0.3, -0.25) is 0 Å². The Morgan fingerprint density at radius 1 is 1.56 bits per heavy atom. The van der Waals surface area contributed by atoms with Crippen molar-refractivity contribution in [2.45, 2.75) is 12.3 Å². The predicted molar refractivity (Wildman–Crippen MR) is 77.4 cm³/mol. The number of urea groups is 1. The molecule has 3 nitrogen and oxygen atoms in total. The molecule has 2 rings (SSSR count). The summed E-state index contributed by atoms with van der Waals surface area (Å²) in [6.45, 7) is 3.27. The van der Waals surface area contributed by atoms with E-state index in [9.17, 15) is 4.79 Å². The summed E-state index contributed by atoms with van der Waals surface area (Å²) in [6.07, 6.45) is 0. The van der Waals surface area contributed by atoms with Crippen LogP contribution in [0, 0.1) is 0 Å². The summed E-state index contributed by atoms with van der Waals surface area (Å²) in [5.41, 5.74) is 0.940. The molecule has 18 heavy (non-hydrogen) atoms. The van der Waals surface area contributed by atoms with Crippen molar-refractivity contribution in [1.29, 1.82) is 0 Å². The van der Waals surface area contributed by atoms with Gasteiger partial charge in [-0.15, -0.1) is 11.8 Å². The Balaban J connectivity index is 2.23. The molecule has 0 bridgehead atoms. The maximum atomic E-state index is 11.9. The van der Waals surface area contributed by atoms with E-state index in [1.54, 1.807) is 23.9 Å². The fourth-order valence-corrected chi connectivity index (χ4v) is 3.76. The Morgan fingerprint density at radius 3 is 3.00 bits per heavy atom. The molecule has 0 unspecified atom stereocenters.